The Morgan fingerprint density at radius 1 is 1.29 bits per heavy atom. The quantitative estimate of drug-likeness (QED) is 0.902. The number of thiazole rings is 1. The van der Waals surface area contributed by atoms with Crippen molar-refractivity contribution in [2.45, 2.75) is 33.2 Å². The Morgan fingerprint density at radius 2 is 2.06 bits per heavy atom. The summed E-state index contributed by atoms with van der Waals surface area (Å²) in [5, 5.41) is 3.20. The lowest BCUT2D eigenvalue weighted by Crippen LogP contribution is -2.15. The second kappa shape index (κ2) is 4.98. The Bertz CT molecular complexity index is 517. The van der Waals surface area contributed by atoms with Crippen LogP contribution in [0.5, 0.6) is 0 Å². The maximum Gasteiger partial charge on any atom is 0.0897 e. The van der Waals surface area contributed by atoms with Gasteiger partial charge in [0.05, 0.1) is 10.7 Å². The minimum Gasteiger partial charge on any atom is -0.324 e. The van der Waals surface area contributed by atoms with E-state index in [0.29, 0.717) is 0 Å². The molecular weight excluding hydrogens is 228 g/mol. The van der Waals surface area contributed by atoms with Crippen LogP contribution in [0, 0.1) is 20.8 Å². The van der Waals surface area contributed by atoms with Gasteiger partial charge in [0.25, 0.3) is 0 Å². The van der Waals surface area contributed by atoms with Gasteiger partial charge in [-0.2, -0.15) is 0 Å². The molecule has 90 valence electrons. The standard InChI is InChI=1S/C14H18N2S/c1-9-4-5-10(2)13(6-9)14(15)7-12-8-17-11(3)16-12/h4-6,8,14H,7,15H2,1-3H3. The fourth-order valence-electron chi connectivity index (χ4n) is 2.00. The van der Waals surface area contributed by atoms with Crippen LogP contribution in [0.15, 0.2) is 23.6 Å². The Balaban J connectivity index is 2.19. The normalized spacial score (nSPS) is 12.7. The number of nitrogens with two attached hydrogens (primary N) is 1. The molecule has 0 bridgehead atoms. The van der Waals surface area contributed by atoms with Gasteiger partial charge in [-0.3, -0.25) is 0 Å². The summed E-state index contributed by atoms with van der Waals surface area (Å²) in [6.07, 6.45) is 0.814. The number of aromatic nitrogens is 1. The van der Waals surface area contributed by atoms with E-state index < -0.39 is 0 Å². The highest BCUT2D eigenvalue weighted by atomic mass is 32.1. The highest BCUT2D eigenvalue weighted by Crippen LogP contribution is 2.21. The van der Waals surface area contributed by atoms with Crippen molar-refractivity contribution in [3.05, 3.63) is 51.0 Å². The topological polar surface area (TPSA) is 38.9 Å². The van der Waals surface area contributed by atoms with Crippen LogP contribution in [0.1, 0.15) is 33.4 Å². The van der Waals surface area contributed by atoms with Crippen LogP contribution in [-0.2, 0) is 6.42 Å². The van der Waals surface area contributed by atoms with Crippen LogP contribution >= 0.6 is 11.3 Å². The van der Waals surface area contributed by atoms with Crippen molar-refractivity contribution >= 4 is 11.3 Å². The summed E-state index contributed by atoms with van der Waals surface area (Å²) in [5.41, 5.74) is 11.1. The number of aryl methyl sites for hydroxylation is 3. The van der Waals surface area contributed by atoms with Gasteiger partial charge in [-0.05, 0) is 31.9 Å². The SMILES string of the molecule is Cc1ccc(C)c(C(N)Cc2csc(C)n2)c1. The van der Waals surface area contributed by atoms with Gasteiger partial charge < -0.3 is 5.73 Å². The van der Waals surface area contributed by atoms with E-state index in [0.717, 1.165) is 17.1 Å². The van der Waals surface area contributed by atoms with Gasteiger partial charge in [-0.15, -0.1) is 11.3 Å². The summed E-state index contributed by atoms with van der Waals surface area (Å²) < 4.78 is 0. The fraction of sp³-hybridized carbons (Fsp3) is 0.357. The van der Waals surface area contributed by atoms with E-state index in [2.05, 4.69) is 42.4 Å². The summed E-state index contributed by atoms with van der Waals surface area (Å²) in [6, 6.07) is 6.48. The van der Waals surface area contributed by atoms with Crippen LogP contribution in [-0.4, -0.2) is 4.98 Å². The van der Waals surface area contributed by atoms with Gasteiger partial charge in [0.1, 0.15) is 0 Å². The summed E-state index contributed by atoms with van der Waals surface area (Å²) in [6.45, 7) is 6.24. The van der Waals surface area contributed by atoms with Crippen molar-refractivity contribution in [3.63, 3.8) is 0 Å². The van der Waals surface area contributed by atoms with Crippen LogP contribution in [0.2, 0.25) is 0 Å². The van der Waals surface area contributed by atoms with Crippen LogP contribution in [0.25, 0.3) is 0 Å². The molecule has 2 aromatic rings. The van der Waals surface area contributed by atoms with Gasteiger partial charge in [0.2, 0.25) is 0 Å². The summed E-state index contributed by atoms with van der Waals surface area (Å²) in [4.78, 5) is 4.47. The molecule has 2 N–H and O–H groups in total. The van der Waals surface area contributed by atoms with Crippen molar-refractivity contribution in [2.24, 2.45) is 5.73 Å². The molecule has 0 saturated heterocycles. The molecule has 1 atom stereocenters. The van der Waals surface area contributed by atoms with Gasteiger partial charge in [0, 0.05) is 17.8 Å². The highest BCUT2D eigenvalue weighted by molar-refractivity contribution is 7.09. The van der Waals surface area contributed by atoms with Crippen molar-refractivity contribution in [2.75, 3.05) is 0 Å². The van der Waals surface area contributed by atoms with E-state index in [1.54, 1.807) is 11.3 Å². The molecule has 1 unspecified atom stereocenters. The van der Waals surface area contributed by atoms with E-state index in [9.17, 15) is 0 Å². The van der Waals surface area contributed by atoms with Gasteiger partial charge in [-0.1, -0.05) is 23.8 Å². The van der Waals surface area contributed by atoms with E-state index in [4.69, 9.17) is 5.73 Å². The second-order valence-electron chi connectivity index (χ2n) is 4.53. The first-order chi connectivity index (χ1) is 8.06. The maximum absolute atomic E-state index is 6.27. The monoisotopic (exact) mass is 246 g/mol. The molecule has 0 radical (unpaired) electrons. The largest absolute Gasteiger partial charge is 0.324 e. The minimum atomic E-state index is 0.0383. The first-order valence-corrected chi connectivity index (χ1v) is 6.68. The molecule has 17 heavy (non-hydrogen) atoms. The molecule has 0 amide bonds. The molecular formula is C14H18N2S. The molecule has 0 aliphatic heterocycles. The Hall–Kier alpha value is -1.19. The van der Waals surface area contributed by atoms with Gasteiger partial charge in [0.15, 0.2) is 0 Å². The molecule has 0 aliphatic carbocycles. The predicted octanol–water partition coefficient (Wildman–Crippen LogP) is 3.31. The van der Waals surface area contributed by atoms with E-state index >= 15 is 0 Å². The van der Waals surface area contributed by atoms with Crippen LogP contribution in [0.3, 0.4) is 0 Å². The second-order valence-corrected chi connectivity index (χ2v) is 5.59. The third-order valence-electron chi connectivity index (χ3n) is 2.93. The molecule has 1 heterocycles. The zero-order chi connectivity index (χ0) is 12.4. The molecule has 0 saturated carbocycles. The Kier molecular flexibility index (Phi) is 3.60. The average molecular weight is 246 g/mol. The number of benzene rings is 1. The molecule has 0 spiro atoms. The van der Waals surface area contributed by atoms with Crippen molar-refractivity contribution in [1.29, 1.82) is 0 Å². The van der Waals surface area contributed by atoms with Crippen LogP contribution < -0.4 is 5.73 Å². The van der Waals surface area contributed by atoms with Gasteiger partial charge >= 0.3 is 0 Å². The first kappa shape index (κ1) is 12.3. The summed E-state index contributed by atoms with van der Waals surface area (Å²) in [7, 11) is 0. The average Bonchev–Trinajstić information content (AvgIpc) is 2.67. The third-order valence-corrected chi connectivity index (χ3v) is 3.75. The zero-order valence-electron chi connectivity index (χ0n) is 10.5. The predicted molar refractivity (Wildman–Crippen MR) is 73.4 cm³/mol. The third kappa shape index (κ3) is 2.93. The Labute approximate surface area is 107 Å². The van der Waals surface area contributed by atoms with E-state index in [1.807, 2.05) is 6.92 Å². The minimum absolute atomic E-state index is 0.0383. The zero-order valence-corrected chi connectivity index (χ0v) is 11.3. The molecule has 2 rings (SSSR count). The lowest BCUT2D eigenvalue weighted by Gasteiger charge is -2.14. The van der Waals surface area contributed by atoms with E-state index in [1.165, 1.54) is 16.7 Å². The lowest BCUT2D eigenvalue weighted by atomic mass is 9.97. The molecule has 2 nitrogen and oxygen atoms in total. The van der Waals surface area contributed by atoms with Crippen molar-refractivity contribution in [1.82, 2.24) is 4.98 Å². The summed E-state index contributed by atoms with van der Waals surface area (Å²) >= 11 is 1.68. The summed E-state index contributed by atoms with van der Waals surface area (Å²) in [5.74, 6) is 0. The molecule has 1 aromatic heterocycles. The number of hydrogen-bond donors (Lipinski definition) is 1. The molecule has 1 aromatic carbocycles. The lowest BCUT2D eigenvalue weighted by molar-refractivity contribution is 0.703. The first-order valence-electron chi connectivity index (χ1n) is 5.80. The van der Waals surface area contributed by atoms with Crippen molar-refractivity contribution < 1.29 is 0 Å². The Morgan fingerprint density at radius 3 is 2.71 bits per heavy atom. The molecule has 3 heteroatoms. The number of hydrogen-bond acceptors (Lipinski definition) is 3. The van der Waals surface area contributed by atoms with Crippen LogP contribution in [0.4, 0.5) is 0 Å². The molecule has 0 aliphatic rings. The maximum atomic E-state index is 6.27. The number of rotatable bonds is 3. The van der Waals surface area contributed by atoms with Crippen molar-refractivity contribution in [3.8, 4) is 0 Å². The fourth-order valence-corrected chi connectivity index (χ4v) is 2.62. The van der Waals surface area contributed by atoms with Gasteiger partial charge in [-0.25, -0.2) is 4.98 Å². The highest BCUT2D eigenvalue weighted by Gasteiger charge is 2.11. The smallest absolute Gasteiger partial charge is 0.0897 e. The van der Waals surface area contributed by atoms with E-state index in [-0.39, 0.29) is 6.04 Å². The number of nitrogens with zero attached hydrogens (tertiary/aromatic N) is 1. The molecule has 0 fully saturated rings.